The van der Waals surface area contributed by atoms with E-state index in [1.165, 1.54) is 59.8 Å². The highest BCUT2D eigenvalue weighted by atomic mass is 79.9. The summed E-state index contributed by atoms with van der Waals surface area (Å²) in [5.41, 5.74) is 3.62. The monoisotopic (exact) mass is 523 g/mol. The molecule has 1 nitrogen and oxygen atoms in total. The number of halogens is 2. The molecule has 0 bridgehead atoms. The lowest BCUT2D eigenvalue weighted by Gasteiger charge is -2.16. The number of hydrogen-bond acceptors (Lipinski definition) is 0. The van der Waals surface area contributed by atoms with Crippen molar-refractivity contribution in [3.8, 4) is 5.69 Å². The van der Waals surface area contributed by atoms with Crippen molar-refractivity contribution < 1.29 is 0 Å². The van der Waals surface area contributed by atoms with E-state index >= 15 is 0 Å². The maximum absolute atomic E-state index is 3.85. The summed E-state index contributed by atoms with van der Waals surface area (Å²) in [5.74, 6) is 0. The standard InChI is InChI=1S/C28H15Br2N/c29-19-14-22-20-6-1-2-7-24(20)31(28(22)23(30)15-19)25-13-11-18-9-8-16-4-3-5-17-10-12-21(25)27(18)26(16)17/h1-15H. The van der Waals surface area contributed by atoms with E-state index in [2.05, 4.69) is 127 Å². The van der Waals surface area contributed by atoms with E-state index in [0.717, 1.165) is 8.95 Å². The first-order chi connectivity index (χ1) is 15.2. The minimum Gasteiger partial charge on any atom is -0.307 e. The van der Waals surface area contributed by atoms with Gasteiger partial charge < -0.3 is 4.57 Å². The number of aromatic nitrogens is 1. The molecule has 0 radical (unpaired) electrons. The van der Waals surface area contributed by atoms with Gasteiger partial charge in [0.25, 0.3) is 0 Å². The van der Waals surface area contributed by atoms with Gasteiger partial charge in [0, 0.05) is 25.1 Å². The smallest absolute Gasteiger partial charge is 0.0684 e. The first kappa shape index (κ1) is 17.8. The minimum atomic E-state index is 1.07. The van der Waals surface area contributed by atoms with Crippen molar-refractivity contribution in [3.05, 3.63) is 99.9 Å². The van der Waals surface area contributed by atoms with E-state index in [1.54, 1.807) is 0 Å². The maximum Gasteiger partial charge on any atom is 0.0684 e. The van der Waals surface area contributed by atoms with Crippen molar-refractivity contribution >= 4 is 86.0 Å². The van der Waals surface area contributed by atoms with Crippen molar-refractivity contribution in [2.75, 3.05) is 0 Å². The van der Waals surface area contributed by atoms with E-state index in [0.29, 0.717) is 0 Å². The molecule has 0 saturated heterocycles. The number of hydrogen-bond donors (Lipinski definition) is 0. The number of nitrogens with zero attached hydrogens (tertiary/aromatic N) is 1. The Hall–Kier alpha value is -2.88. The zero-order valence-corrected chi connectivity index (χ0v) is 19.5. The summed E-state index contributed by atoms with van der Waals surface area (Å²) in [6, 6.07) is 33.1. The number of para-hydroxylation sites is 1. The molecule has 146 valence electrons. The Morgan fingerprint density at radius 1 is 0.548 bits per heavy atom. The molecule has 31 heavy (non-hydrogen) atoms. The third-order valence-electron chi connectivity index (χ3n) is 6.43. The molecular formula is C28H15Br2N. The van der Waals surface area contributed by atoms with Crippen LogP contribution in [0.2, 0.25) is 0 Å². The summed E-state index contributed by atoms with van der Waals surface area (Å²) in [5, 5.41) is 10.3. The minimum absolute atomic E-state index is 1.07. The quantitative estimate of drug-likeness (QED) is 0.188. The molecule has 7 aromatic rings. The SMILES string of the molecule is Brc1cc(Br)c2c(c1)c1ccccc1n2-c1ccc2ccc3cccc4ccc1c2c34. The van der Waals surface area contributed by atoms with Crippen LogP contribution in [-0.4, -0.2) is 4.57 Å². The van der Waals surface area contributed by atoms with Gasteiger partial charge in [-0.25, -0.2) is 0 Å². The Bertz CT molecular complexity index is 1790. The average molecular weight is 525 g/mol. The largest absolute Gasteiger partial charge is 0.307 e. The molecule has 0 aliphatic carbocycles. The lowest BCUT2D eigenvalue weighted by molar-refractivity contribution is 1.19. The lowest BCUT2D eigenvalue weighted by atomic mass is 9.93. The summed E-state index contributed by atoms with van der Waals surface area (Å²) >= 11 is 7.53. The van der Waals surface area contributed by atoms with Crippen LogP contribution in [0.15, 0.2) is 99.9 Å². The molecule has 0 saturated carbocycles. The van der Waals surface area contributed by atoms with Crippen LogP contribution in [0.1, 0.15) is 0 Å². The van der Waals surface area contributed by atoms with E-state index < -0.39 is 0 Å². The Labute approximate surface area is 195 Å². The Morgan fingerprint density at radius 3 is 2.10 bits per heavy atom. The first-order valence-electron chi connectivity index (χ1n) is 10.3. The maximum atomic E-state index is 3.85. The van der Waals surface area contributed by atoms with Crippen LogP contribution in [0.4, 0.5) is 0 Å². The predicted molar refractivity (Wildman–Crippen MR) is 140 cm³/mol. The molecule has 0 fully saturated rings. The molecule has 3 heteroatoms. The van der Waals surface area contributed by atoms with Crippen molar-refractivity contribution in [1.29, 1.82) is 0 Å². The number of fused-ring (bicyclic) bond motifs is 3. The van der Waals surface area contributed by atoms with Gasteiger partial charge in [-0.05, 0) is 67.1 Å². The summed E-state index contributed by atoms with van der Waals surface area (Å²) in [4.78, 5) is 0. The molecule has 1 aromatic heterocycles. The van der Waals surface area contributed by atoms with E-state index in [4.69, 9.17) is 0 Å². The van der Waals surface area contributed by atoms with Crippen LogP contribution < -0.4 is 0 Å². The molecule has 0 unspecified atom stereocenters. The van der Waals surface area contributed by atoms with Crippen molar-refractivity contribution in [2.24, 2.45) is 0 Å². The second kappa shape index (κ2) is 6.32. The summed E-state index contributed by atoms with van der Waals surface area (Å²) < 4.78 is 4.57. The predicted octanol–water partition coefficient (Wildman–Crippen LogP) is 9.21. The summed E-state index contributed by atoms with van der Waals surface area (Å²) in [6.07, 6.45) is 0. The van der Waals surface area contributed by atoms with Crippen molar-refractivity contribution in [3.63, 3.8) is 0 Å². The third-order valence-corrected chi connectivity index (χ3v) is 7.50. The van der Waals surface area contributed by atoms with Crippen LogP contribution in [0.25, 0.3) is 59.8 Å². The van der Waals surface area contributed by atoms with Gasteiger partial charge in [0.2, 0.25) is 0 Å². The molecule has 0 aliphatic heterocycles. The van der Waals surface area contributed by atoms with Crippen LogP contribution >= 0.6 is 31.9 Å². The van der Waals surface area contributed by atoms with Gasteiger partial charge in [-0.1, -0.05) is 82.7 Å². The molecule has 1 heterocycles. The van der Waals surface area contributed by atoms with Gasteiger partial charge in [-0.3, -0.25) is 0 Å². The van der Waals surface area contributed by atoms with Crippen molar-refractivity contribution in [2.45, 2.75) is 0 Å². The van der Waals surface area contributed by atoms with E-state index in [-0.39, 0.29) is 0 Å². The van der Waals surface area contributed by atoms with Gasteiger partial charge >= 0.3 is 0 Å². The Kier molecular flexibility index (Phi) is 3.62. The number of rotatable bonds is 1. The molecule has 0 atom stereocenters. The third kappa shape index (κ3) is 2.36. The number of benzene rings is 6. The van der Waals surface area contributed by atoms with Crippen LogP contribution in [0, 0.1) is 0 Å². The van der Waals surface area contributed by atoms with Gasteiger partial charge in [0.1, 0.15) is 0 Å². The van der Waals surface area contributed by atoms with E-state index in [1.807, 2.05) is 0 Å². The van der Waals surface area contributed by atoms with Crippen molar-refractivity contribution in [1.82, 2.24) is 4.57 Å². The Balaban J connectivity index is 1.73. The zero-order valence-electron chi connectivity index (χ0n) is 16.4. The van der Waals surface area contributed by atoms with Crippen LogP contribution in [0.3, 0.4) is 0 Å². The zero-order chi connectivity index (χ0) is 20.7. The highest BCUT2D eigenvalue weighted by Gasteiger charge is 2.18. The molecule has 0 amide bonds. The molecule has 0 aliphatic rings. The molecular weight excluding hydrogens is 510 g/mol. The molecule has 6 aromatic carbocycles. The fraction of sp³-hybridized carbons (Fsp3) is 0. The highest BCUT2D eigenvalue weighted by Crippen LogP contribution is 2.42. The van der Waals surface area contributed by atoms with Gasteiger partial charge in [-0.2, -0.15) is 0 Å². The van der Waals surface area contributed by atoms with Gasteiger partial charge in [-0.15, -0.1) is 0 Å². The van der Waals surface area contributed by atoms with Gasteiger partial charge in [0.05, 0.1) is 16.7 Å². The molecule has 0 spiro atoms. The second-order valence-electron chi connectivity index (χ2n) is 8.08. The molecule has 7 rings (SSSR count). The first-order valence-corrected chi connectivity index (χ1v) is 11.8. The van der Waals surface area contributed by atoms with Crippen LogP contribution in [-0.2, 0) is 0 Å². The molecule has 0 N–H and O–H groups in total. The normalized spacial score (nSPS) is 12.2. The highest BCUT2D eigenvalue weighted by molar-refractivity contribution is 9.11. The van der Waals surface area contributed by atoms with Crippen LogP contribution in [0.5, 0.6) is 0 Å². The second-order valence-corrected chi connectivity index (χ2v) is 9.85. The topological polar surface area (TPSA) is 4.93 Å². The summed E-state index contributed by atoms with van der Waals surface area (Å²) in [7, 11) is 0. The fourth-order valence-corrected chi connectivity index (χ4v) is 6.58. The Morgan fingerprint density at radius 2 is 1.26 bits per heavy atom. The lowest BCUT2D eigenvalue weighted by Crippen LogP contribution is -1.97. The summed E-state index contributed by atoms with van der Waals surface area (Å²) in [6.45, 7) is 0. The van der Waals surface area contributed by atoms with Gasteiger partial charge in [0.15, 0.2) is 0 Å². The van der Waals surface area contributed by atoms with E-state index in [9.17, 15) is 0 Å². The fourth-order valence-electron chi connectivity index (χ4n) is 5.18. The average Bonchev–Trinajstić information content (AvgIpc) is 3.12.